The predicted octanol–water partition coefficient (Wildman–Crippen LogP) is 5.51. The van der Waals surface area contributed by atoms with Crippen LogP contribution in [-0.4, -0.2) is 11.9 Å². The summed E-state index contributed by atoms with van der Waals surface area (Å²) in [5.74, 6) is -0.498. The molecule has 3 aromatic rings. The van der Waals surface area contributed by atoms with Gasteiger partial charge >= 0.3 is 5.97 Å². The standard InChI is InChI=1S/C23H15BrFNO3/c24-17-10-8-15(9-11-17)14-28-18-5-3-4-16(12-18)13-21-23(27)29-22(26-21)19-6-1-2-7-20(19)25/h1-13H,14H2/b21-13-. The summed E-state index contributed by atoms with van der Waals surface area (Å²) in [5.41, 5.74) is 2.02. The highest BCUT2D eigenvalue weighted by atomic mass is 79.9. The summed E-state index contributed by atoms with van der Waals surface area (Å²) >= 11 is 3.40. The van der Waals surface area contributed by atoms with E-state index in [4.69, 9.17) is 9.47 Å². The molecule has 4 rings (SSSR count). The van der Waals surface area contributed by atoms with Crippen LogP contribution in [-0.2, 0) is 16.1 Å². The third-order valence-corrected chi connectivity index (χ3v) is 4.73. The number of nitrogens with zero attached hydrogens (tertiary/aromatic N) is 1. The first-order chi connectivity index (χ1) is 14.1. The van der Waals surface area contributed by atoms with Crippen molar-refractivity contribution in [3.63, 3.8) is 0 Å². The molecule has 144 valence electrons. The van der Waals surface area contributed by atoms with Gasteiger partial charge in [0.25, 0.3) is 0 Å². The van der Waals surface area contributed by atoms with E-state index in [0.717, 1.165) is 15.6 Å². The van der Waals surface area contributed by atoms with Crippen molar-refractivity contribution < 1.29 is 18.7 Å². The molecule has 0 unspecified atom stereocenters. The lowest BCUT2D eigenvalue weighted by Gasteiger charge is -2.07. The first-order valence-corrected chi connectivity index (χ1v) is 9.62. The van der Waals surface area contributed by atoms with Crippen molar-refractivity contribution in [2.45, 2.75) is 6.61 Å². The number of ether oxygens (including phenoxy) is 2. The maximum atomic E-state index is 13.9. The lowest BCUT2D eigenvalue weighted by Crippen LogP contribution is -2.07. The van der Waals surface area contributed by atoms with Gasteiger partial charge in [0.15, 0.2) is 5.70 Å². The number of hydrogen-bond donors (Lipinski definition) is 0. The van der Waals surface area contributed by atoms with Gasteiger partial charge in [-0.25, -0.2) is 14.2 Å². The van der Waals surface area contributed by atoms with Crippen molar-refractivity contribution in [1.82, 2.24) is 0 Å². The van der Waals surface area contributed by atoms with Crippen LogP contribution < -0.4 is 4.74 Å². The Bertz CT molecular complexity index is 1120. The van der Waals surface area contributed by atoms with Crippen LogP contribution >= 0.6 is 15.9 Å². The van der Waals surface area contributed by atoms with Gasteiger partial charge in [-0.15, -0.1) is 0 Å². The van der Waals surface area contributed by atoms with E-state index in [1.807, 2.05) is 42.5 Å². The Kier molecular flexibility index (Phi) is 5.53. The molecule has 1 heterocycles. The molecule has 0 aliphatic carbocycles. The van der Waals surface area contributed by atoms with E-state index in [9.17, 15) is 9.18 Å². The van der Waals surface area contributed by atoms with Crippen LogP contribution in [0, 0.1) is 5.82 Å². The fourth-order valence-electron chi connectivity index (χ4n) is 2.76. The second-order valence-corrected chi connectivity index (χ2v) is 7.22. The number of cyclic esters (lactones) is 1. The molecule has 0 saturated heterocycles. The van der Waals surface area contributed by atoms with Crippen LogP contribution in [0.1, 0.15) is 16.7 Å². The Hall–Kier alpha value is -3.25. The SMILES string of the molecule is O=C1OC(c2ccccc2F)=N/C1=C\c1cccc(OCc2ccc(Br)cc2)c1. The molecule has 0 saturated carbocycles. The van der Waals surface area contributed by atoms with Crippen molar-refractivity contribution in [1.29, 1.82) is 0 Å². The minimum atomic E-state index is -0.621. The molecular formula is C23H15BrFNO3. The summed E-state index contributed by atoms with van der Waals surface area (Å²) in [5, 5.41) is 0. The molecule has 3 aromatic carbocycles. The van der Waals surface area contributed by atoms with Crippen LogP contribution in [0.4, 0.5) is 4.39 Å². The monoisotopic (exact) mass is 451 g/mol. The molecule has 1 aliphatic rings. The number of rotatable bonds is 5. The van der Waals surface area contributed by atoms with Gasteiger partial charge < -0.3 is 9.47 Å². The maximum Gasteiger partial charge on any atom is 0.363 e. The van der Waals surface area contributed by atoms with Gasteiger partial charge in [0.05, 0.1) is 5.56 Å². The molecule has 29 heavy (non-hydrogen) atoms. The summed E-state index contributed by atoms with van der Waals surface area (Å²) in [6, 6.07) is 21.2. The lowest BCUT2D eigenvalue weighted by molar-refractivity contribution is -0.129. The van der Waals surface area contributed by atoms with Crippen LogP contribution in [0.5, 0.6) is 5.75 Å². The Balaban J connectivity index is 1.52. The average Bonchev–Trinajstić information content (AvgIpc) is 3.08. The third-order valence-electron chi connectivity index (χ3n) is 4.21. The molecule has 6 heteroatoms. The van der Waals surface area contributed by atoms with Gasteiger partial charge in [0.2, 0.25) is 5.90 Å². The largest absolute Gasteiger partial charge is 0.489 e. The van der Waals surface area contributed by atoms with Crippen molar-refractivity contribution in [3.8, 4) is 5.75 Å². The molecule has 0 atom stereocenters. The highest BCUT2D eigenvalue weighted by molar-refractivity contribution is 9.10. The van der Waals surface area contributed by atoms with E-state index in [1.165, 1.54) is 12.1 Å². The zero-order chi connectivity index (χ0) is 20.2. The van der Waals surface area contributed by atoms with Crippen LogP contribution in [0.25, 0.3) is 6.08 Å². The summed E-state index contributed by atoms with van der Waals surface area (Å²) in [6.45, 7) is 0.422. The Morgan fingerprint density at radius 1 is 1.03 bits per heavy atom. The fraction of sp³-hybridized carbons (Fsp3) is 0.0435. The summed E-state index contributed by atoms with van der Waals surface area (Å²) in [4.78, 5) is 16.3. The van der Waals surface area contributed by atoms with Crippen molar-refractivity contribution in [3.05, 3.63) is 105 Å². The number of carbonyl (C=O) groups excluding carboxylic acids is 1. The fourth-order valence-corrected chi connectivity index (χ4v) is 3.02. The highest BCUT2D eigenvalue weighted by Gasteiger charge is 2.25. The van der Waals surface area contributed by atoms with E-state index in [-0.39, 0.29) is 17.2 Å². The van der Waals surface area contributed by atoms with Gasteiger partial charge in [-0.1, -0.05) is 52.3 Å². The van der Waals surface area contributed by atoms with Gasteiger partial charge in [0, 0.05) is 4.47 Å². The molecular weight excluding hydrogens is 437 g/mol. The lowest BCUT2D eigenvalue weighted by atomic mass is 10.2. The molecule has 4 nitrogen and oxygen atoms in total. The van der Waals surface area contributed by atoms with Gasteiger partial charge in [-0.3, -0.25) is 0 Å². The van der Waals surface area contributed by atoms with Crippen molar-refractivity contribution in [2.75, 3.05) is 0 Å². The van der Waals surface area contributed by atoms with E-state index >= 15 is 0 Å². The first kappa shape index (κ1) is 19.1. The summed E-state index contributed by atoms with van der Waals surface area (Å²) in [6.07, 6.45) is 1.59. The molecule has 0 N–H and O–H groups in total. The van der Waals surface area contributed by atoms with E-state index in [1.54, 1.807) is 24.3 Å². The van der Waals surface area contributed by atoms with E-state index in [0.29, 0.717) is 12.4 Å². The quantitative estimate of drug-likeness (QED) is 0.379. The van der Waals surface area contributed by atoms with Gasteiger partial charge in [0.1, 0.15) is 18.2 Å². The molecule has 0 fully saturated rings. The van der Waals surface area contributed by atoms with E-state index in [2.05, 4.69) is 20.9 Å². The van der Waals surface area contributed by atoms with Crippen molar-refractivity contribution >= 4 is 33.9 Å². The second kappa shape index (κ2) is 8.41. The Labute approximate surface area is 175 Å². The summed E-state index contributed by atoms with van der Waals surface area (Å²) in [7, 11) is 0. The van der Waals surface area contributed by atoms with E-state index < -0.39 is 11.8 Å². The second-order valence-electron chi connectivity index (χ2n) is 6.30. The van der Waals surface area contributed by atoms with Gasteiger partial charge in [-0.2, -0.15) is 0 Å². The van der Waals surface area contributed by atoms with Crippen LogP contribution in [0.15, 0.2) is 88.0 Å². The van der Waals surface area contributed by atoms with Crippen LogP contribution in [0.2, 0.25) is 0 Å². The Morgan fingerprint density at radius 2 is 1.83 bits per heavy atom. The average molecular weight is 452 g/mol. The number of benzene rings is 3. The van der Waals surface area contributed by atoms with Gasteiger partial charge in [-0.05, 0) is 53.6 Å². The minimum Gasteiger partial charge on any atom is -0.489 e. The minimum absolute atomic E-state index is 0.0398. The Morgan fingerprint density at radius 3 is 2.62 bits per heavy atom. The molecule has 0 bridgehead atoms. The predicted molar refractivity (Wildman–Crippen MR) is 112 cm³/mol. The molecule has 1 aliphatic heterocycles. The smallest absolute Gasteiger partial charge is 0.363 e. The topological polar surface area (TPSA) is 47.9 Å². The third kappa shape index (κ3) is 4.60. The number of aliphatic imine (C=N–C) groups is 1. The number of halogens is 2. The highest BCUT2D eigenvalue weighted by Crippen LogP contribution is 2.23. The summed E-state index contributed by atoms with van der Waals surface area (Å²) < 4.78 is 25.9. The number of carbonyl (C=O) groups is 1. The zero-order valence-corrected chi connectivity index (χ0v) is 16.7. The normalized spacial score (nSPS) is 14.6. The van der Waals surface area contributed by atoms with Crippen molar-refractivity contribution in [2.24, 2.45) is 4.99 Å². The molecule has 0 radical (unpaired) electrons. The zero-order valence-electron chi connectivity index (χ0n) is 15.1. The molecule has 0 spiro atoms. The number of hydrogen-bond acceptors (Lipinski definition) is 4. The maximum absolute atomic E-state index is 13.9. The molecule has 0 amide bonds. The molecule has 0 aromatic heterocycles. The number of esters is 1. The first-order valence-electron chi connectivity index (χ1n) is 8.83. The van der Waals surface area contributed by atoms with Crippen LogP contribution in [0.3, 0.4) is 0 Å².